The minimum atomic E-state index is 0.754. The van der Waals surface area contributed by atoms with Crippen LogP contribution in [0.4, 0.5) is 5.82 Å². The van der Waals surface area contributed by atoms with Gasteiger partial charge in [0.2, 0.25) is 0 Å². The fraction of sp³-hybridized carbons (Fsp3) is 0.500. The van der Waals surface area contributed by atoms with Gasteiger partial charge in [-0.25, -0.2) is 9.97 Å². The summed E-state index contributed by atoms with van der Waals surface area (Å²) in [7, 11) is 0. The number of nitrogens with one attached hydrogen (secondary N) is 1. The Labute approximate surface area is 119 Å². The van der Waals surface area contributed by atoms with E-state index in [2.05, 4.69) is 26.3 Å². The SMILES string of the molecule is c1ccc2c(NC[C@@H]3CCN(C4CC4)C3)ncnc2c1. The highest BCUT2D eigenvalue weighted by molar-refractivity contribution is 5.88. The maximum absolute atomic E-state index is 4.40. The van der Waals surface area contributed by atoms with Gasteiger partial charge in [-0.15, -0.1) is 0 Å². The number of hydrogen-bond donors (Lipinski definition) is 1. The van der Waals surface area contributed by atoms with Gasteiger partial charge >= 0.3 is 0 Å². The molecule has 2 heterocycles. The van der Waals surface area contributed by atoms with Gasteiger partial charge in [-0.3, -0.25) is 0 Å². The molecule has 1 aromatic heterocycles. The van der Waals surface area contributed by atoms with Gasteiger partial charge in [-0.1, -0.05) is 12.1 Å². The lowest BCUT2D eigenvalue weighted by Gasteiger charge is -2.15. The highest BCUT2D eigenvalue weighted by Crippen LogP contribution is 2.31. The molecule has 4 nitrogen and oxygen atoms in total. The van der Waals surface area contributed by atoms with Crippen LogP contribution in [0.25, 0.3) is 10.9 Å². The van der Waals surface area contributed by atoms with Crippen molar-refractivity contribution in [3.8, 4) is 0 Å². The van der Waals surface area contributed by atoms with Gasteiger partial charge in [0.25, 0.3) is 0 Å². The van der Waals surface area contributed by atoms with E-state index in [4.69, 9.17) is 0 Å². The summed E-state index contributed by atoms with van der Waals surface area (Å²) < 4.78 is 0. The number of hydrogen-bond acceptors (Lipinski definition) is 4. The second-order valence-corrected chi connectivity index (χ2v) is 6.00. The molecule has 1 aliphatic carbocycles. The Balaban J connectivity index is 1.43. The third-order valence-corrected chi connectivity index (χ3v) is 4.48. The predicted molar refractivity (Wildman–Crippen MR) is 80.7 cm³/mol. The van der Waals surface area contributed by atoms with Gasteiger partial charge < -0.3 is 10.2 Å². The molecule has 4 rings (SSSR count). The van der Waals surface area contributed by atoms with Crippen LogP contribution in [0, 0.1) is 5.92 Å². The number of benzene rings is 1. The summed E-state index contributed by atoms with van der Waals surface area (Å²) in [5, 5.41) is 4.65. The Hall–Kier alpha value is -1.68. The molecule has 0 spiro atoms. The van der Waals surface area contributed by atoms with Crippen molar-refractivity contribution in [2.45, 2.75) is 25.3 Å². The average Bonchev–Trinajstić information content (AvgIpc) is 3.24. The van der Waals surface area contributed by atoms with E-state index in [1.54, 1.807) is 6.33 Å². The Kier molecular flexibility index (Phi) is 3.03. The maximum Gasteiger partial charge on any atom is 0.137 e. The number of nitrogens with zero attached hydrogens (tertiary/aromatic N) is 3. The fourth-order valence-electron chi connectivity index (χ4n) is 3.19. The topological polar surface area (TPSA) is 41.0 Å². The third-order valence-electron chi connectivity index (χ3n) is 4.48. The van der Waals surface area contributed by atoms with E-state index in [-0.39, 0.29) is 0 Å². The monoisotopic (exact) mass is 268 g/mol. The van der Waals surface area contributed by atoms with Crippen LogP contribution in [-0.2, 0) is 0 Å². The molecule has 2 aromatic rings. The van der Waals surface area contributed by atoms with E-state index in [0.29, 0.717) is 0 Å². The van der Waals surface area contributed by atoms with Gasteiger partial charge in [-0.05, 0) is 43.9 Å². The van der Waals surface area contributed by atoms with E-state index >= 15 is 0 Å². The molecule has 1 saturated carbocycles. The van der Waals surface area contributed by atoms with Crippen LogP contribution >= 0.6 is 0 Å². The minimum Gasteiger partial charge on any atom is -0.369 e. The molecule has 1 N–H and O–H groups in total. The molecule has 2 aliphatic rings. The molecule has 1 atom stereocenters. The molecule has 1 aromatic carbocycles. The summed E-state index contributed by atoms with van der Waals surface area (Å²) >= 11 is 0. The Bertz CT molecular complexity index is 603. The zero-order chi connectivity index (χ0) is 13.4. The summed E-state index contributed by atoms with van der Waals surface area (Å²) in [4.78, 5) is 11.4. The molecule has 4 heteroatoms. The van der Waals surface area contributed by atoms with Crippen LogP contribution in [0.5, 0.6) is 0 Å². The number of para-hydroxylation sites is 1. The first-order valence-corrected chi connectivity index (χ1v) is 7.58. The van der Waals surface area contributed by atoms with Gasteiger partial charge in [0, 0.05) is 24.5 Å². The first-order chi connectivity index (χ1) is 9.90. The largest absolute Gasteiger partial charge is 0.369 e. The Morgan fingerprint density at radius 3 is 2.95 bits per heavy atom. The zero-order valence-corrected chi connectivity index (χ0v) is 11.6. The van der Waals surface area contributed by atoms with Gasteiger partial charge in [0.1, 0.15) is 12.1 Å². The van der Waals surface area contributed by atoms with Crippen LogP contribution < -0.4 is 5.32 Å². The molecule has 104 valence electrons. The van der Waals surface area contributed by atoms with Gasteiger partial charge in [-0.2, -0.15) is 0 Å². The van der Waals surface area contributed by atoms with Crippen molar-refractivity contribution < 1.29 is 0 Å². The summed E-state index contributed by atoms with van der Waals surface area (Å²) in [6.45, 7) is 3.55. The van der Waals surface area contributed by atoms with Crippen LogP contribution in [0.3, 0.4) is 0 Å². The minimum absolute atomic E-state index is 0.754. The summed E-state index contributed by atoms with van der Waals surface area (Å²) in [6, 6.07) is 9.08. The van der Waals surface area contributed by atoms with E-state index in [1.807, 2.05) is 18.2 Å². The molecule has 0 radical (unpaired) electrons. The first-order valence-electron chi connectivity index (χ1n) is 7.58. The quantitative estimate of drug-likeness (QED) is 0.925. The van der Waals surface area contributed by atoms with Crippen molar-refractivity contribution in [1.29, 1.82) is 0 Å². The predicted octanol–water partition coefficient (Wildman–Crippen LogP) is 2.53. The lowest BCUT2D eigenvalue weighted by molar-refractivity contribution is 0.316. The number of aromatic nitrogens is 2. The van der Waals surface area contributed by atoms with Gasteiger partial charge in [0.05, 0.1) is 5.52 Å². The van der Waals surface area contributed by atoms with Gasteiger partial charge in [0.15, 0.2) is 0 Å². The molecule has 1 aliphatic heterocycles. The van der Waals surface area contributed by atoms with Crippen LogP contribution in [0.1, 0.15) is 19.3 Å². The second kappa shape index (κ2) is 5.02. The fourth-order valence-corrected chi connectivity index (χ4v) is 3.19. The highest BCUT2D eigenvalue weighted by atomic mass is 15.2. The van der Waals surface area contributed by atoms with E-state index < -0.39 is 0 Å². The standard InChI is InChI=1S/C16H20N4/c1-2-4-15-14(3-1)16(19-11-18-15)17-9-12-7-8-20(10-12)13-5-6-13/h1-4,11-13H,5-10H2,(H,17,18,19)/t12-/m0/s1. The van der Waals surface area contributed by atoms with Crippen molar-refractivity contribution in [2.24, 2.45) is 5.92 Å². The smallest absolute Gasteiger partial charge is 0.137 e. The van der Waals surface area contributed by atoms with Crippen LogP contribution in [0.2, 0.25) is 0 Å². The molecule has 1 saturated heterocycles. The second-order valence-electron chi connectivity index (χ2n) is 6.00. The van der Waals surface area contributed by atoms with E-state index in [1.165, 1.54) is 32.4 Å². The van der Waals surface area contributed by atoms with Crippen LogP contribution in [0.15, 0.2) is 30.6 Å². The molecular weight excluding hydrogens is 248 g/mol. The third kappa shape index (κ3) is 2.36. The van der Waals surface area contributed by atoms with E-state index in [0.717, 1.165) is 35.2 Å². The van der Waals surface area contributed by atoms with Crippen molar-refractivity contribution in [1.82, 2.24) is 14.9 Å². The normalized spacial score (nSPS) is 23.3. The number of anilines is 1. The maximum atomic E-state index is 4.40. The Morgan fingerprint density at radius 1 is 1.15 bits per heavy atom. The van der Waals surface area contributed by atoms with Crippen molar-refractivity contribution in [3.05, 3.63) is 30.6 Å². The molecule has 2 fully saturated rings. The van der Waals surface area contributed by atoms with Crippen molar-refractivity contribution in [2.75, 3.05) is 25.0 Å². The molecular formula is C16H20N4. The zero-order valence-electron chi connectivity index (χ0n) is 11.6. The molecule has 20 heavy (non-hydrogen) atoms. The van der Waals surface area contributed by atoms with Crippen molar-refractivity contribution >= 4 is 16.7 Å². The lowest BCUT2D eigenvalue weighted by atomic mass is 10.1. The lowest BCUT2D eigenvalue weighted by Crippen LogP contribution is -2.25. The highest BCUT2D eigenvalue weighted by Gasteiger charge is 2.34. The summed E-state index contributed by atoms with van der Waals surface area (Å²) in [5.74, 6) is 1.73. The summed E-state index contributed by atoms with van der Waals surface area (Å²) in [6.07, 6.45) is 5.79. The molecule has 0 bridgehead atoms. The molecule has 0 unspecified atom stereocenters. The average molecular weight is 268 g/mol. The first kappa shape index (κ1) is 12.1. The number of fused-ring (bicyclic) bond motifs is 1. The molecule has 0 amide bonds. The summed E-state index contributed by atoms with van der Waals surface area (Å²) in [5.41, 5.74) is 1.01. The van der Waals surface area contributed by atoms with Crippen molar-refractivity contribution in [3.63, 3.8) is 0 Å². The Morgan fingerprint density at radius 2 is 2.05 bits per heavy atom. The van der Waals surface area contributed by atoms with E-state index in [9.17, 15) is 0 Å². The number of likely N-dealkylation sites (tertiary alicyclic amines) is 1. The van der Waals surface area contributed by atoms with Crippen LogP contribution in [-0.4, -0.2) is 40.5 Å². The number of rotatable bonds is 4.